The van der Waals surface area contributed by atoms with Crippen LogP contribution in [0, 0.1) is 0 Å². The number of carboxylic acid groups (broad SMARTS) is 1. The lowest BCUT2D eigenvalue weighted by Crippen LogP contribution is -2.41. The van der Waals surface area contributed by atoms with Crippen LogP contribution in [0.5, 0.6) is 0 Å². The molecule has 1 unspecified atom stereocenters. The molecule has 112 valence electrons. The van der Waals surface area contributed by atoms with Crippen LogP contribution in [-0.2, 0) is 20.8 Å². The molecule has 0 heterocycles. The van der Waals surface area contributed by atoms with Crippen molar-refractivity contribution in [2.24, 2.45) is 0 Å². The van der Waals surface area contributed by atoms with Crippen LogP contribution in [0.4, 0.5) is 5.69 Å². The number of carboxylic acids is 1. The number of rotatable bonds is 7. The summed E-state index contributed by atoms with van der Waals surface area (Å²) in [5.41, 5.74) is 1.37. The summed E-state index contributed by atoms with van der Waals surface area (Å²) >= 11 is 0. The second-order valence-corrected chi connectivity index (χ2v) is 4.54. The summed E-state index contributed by atoms with van der Waals surface area (Å²) in [7, 11) is 0. The highest BCUT2D eigenvalue weighted by molar-refractivity contribution is 5.89. The molecule has 21 heavy (non-hydrogen) atoms. The molecule has 6 heteroatoms. The lowest BCUT2D eigenvalue weighted by molar-refractivity contribution is -0.141. The van der Waals surface area contributed by atoms with Crippen LogP contribution < -0.4 is 10.6 Å². The van der Waals surface area contributed by atoms with Gasteiger partial charge in [-0.2, -0.15) is 0 Å². The van der Waals surface area contributed by atoms with Crippen LogP contribution in [0.1, 0.15) is 18.9 Å². The number of nitrogens with one attached hydrogen (secondary N) is 2. The fourth-order valence-electron chi connectivity index (χ4n) is 1.73. The van der Waals surface area contributed by atoms with Gasteiger partial charge in [-0.1, -0.05) is 18.2 Å². The monoisotopic (exact) mass is 290 g/mol. The average molecular weight is 290 g/mol. The second kappa shape index (κ2) is 7.84. The molecule has 6 nitrogen and oxygen atoms in total. The summed E-state index contributed by atoms with van der Waals surface area (Å²) in [5.74, 6) is -1.64. The Bertz CT molecular complexity index is 537. The van der Waals surface area contributed by atoms with Crippen LogP contribution in [-0.4, -0.2) is 28.9 Å². The number of benzene rings is 1. The Hall–Kier alpha value is -2.63. The molecule has 0 aliphatic heterocycles. The molecule has 1 atom stereocenters. The van der Waals surface area contributed by atoms with Gasteiger partial charge in [0.05, 0.1) is 6.42 Å². The van der Waals surface area contributed by atoms with E-state index in [9.17, 15) is 14.4 Å². The van der Waals surface area contributed by atoms with Crippen molar-refractivity contribution in [3.63, 3.8) is 0 Å². The van der Waals surface area contributed by atoms with E-state index in [0.29, 0.717) is 5.69 Å². The fourth-order valence-corrected chi connectivity index (χ4v) is 1.73. The Kier molecular flexibility index (Phi) is 6.13. The van der Waals surface area contributed by atoms with Gasteiger partial charge in [-0.25, -0.2) is 4.79 Å². The Labute approximate surface area is 122 Å². The summed E-state index contributed by atoms with van der Waals surface area (Å²) < 4.78 is 0. The second-order valence-electron chi connectivity index (χ2n) is 4.54. The van der Waals surface area contributed by atoms with E-state index in [0.717, 1.165) is 5.56 Å². The Balaban J connectivity index is 2.59. The largest absolute Gasteiger partial charge is 0.480 e. The maximum Gasteiger partial charge on any atom is 0.326 e. The first-order valence-electron chi connectivity index (χ1n) is 6.42. The van der Waals surface area contributed by atoms with E-state index < -0.39 is 12.0 Å². The number of anilines is 1. The Morgan fingerprint density at radius 3 is 2.38 bits per heavy atom. The molecule has 1 rings (SSSR count). The molecule has 0 aromatic heterocycles. The van der Waals surface area contributed by atoms with Gasteiger partial charge in [0.2, 0.25) is 11.8 Å². The van der Waals surface area contributed by atoms with E-state index in [1.54, 1.807) is 24.3 Å². The van der Waals surface area contributed by atoms with Crippen molar-refractivity contribution in [1.82, 2.24) is 5.32 Å². The first-order valence-corrected chi connectivity index (χ1v) is 6.42. The van der Waals surface area contributed by atoms with Gasteiger partial charge in [-0.15, -0.1) is 6.58 Å². The van der Waals surface area contributed by atoms with Crippen molar-refractivity contribution in [2.75, 3.05) is 5.32 Å². The molecule has 0 bridgehead atoms. The van der Waals surface area contributed by atoms with Crippen molar-refractivity contribution < 1.29 is 19.5 Å². The maximum atomic E-state index is 11.8. The third-order valence-corrected chi connectivity index (χ3v) is 2.67. The standard InChI is InChI=1S/C15H18N2O4/c1-3-4-13(15(20)21)17-14(19)9-11-5-7-12(8-6-11)16-10(2)18/h3,5-8,13H,1,4,9H2,2H3,(H,16,18)(H,17,19)(H,20,21). The summed E-state index contributed by atoms with van der Waals surface area (Å²) in [6.07, 6.45) is 1.69. The van der Waals surface area contributed by atoms with E-state index in [-0.39, 0.29) is 24.7 Å². The van der Waals surface area contributed by atoms with Crippen LogP contribution in [0.25, 0.3) is 0 Å². The van der Waals surface area contributed by atoms with E-state index >= 15 is 0 Å². The summed E-state index contributed by atoms with van der Waals surface area (Å²) in [6, 6.07) is 5.81. The highest BCUT2D eigenvalue weighted by atomic mass is 16.4. The quantitative estimate of drug-likeness (QED) is 0.660. The minimum Gasteiger partial charge on any atom is -0.480 e. The summed E-state index contributed by atoms with van der Waals surface area (Å²) in [6.45, 7) is 4.87. The molecule has 0 fully saturated rings. The zero-order chi connectivity index (χ0) is 15.8. The van der Waals surface area contributed by atoms with Crippen LogP contribution in [0.2, 0.25) is 0 Å². The summed E-state index contributed by atoms with van der Waals surface area (Å²) in [4.78, 5) is 33.6. The van der Waals surface area contributed by atoms with Gasteiger partial charge in [0.15, 0.2) is 0 Å². The smallest absolute Gasteiger partial charge is 0.326 e. The minimum absolute atomic E-state index is 0.0707. The molecular weight excluding hydrogens is 272 g/mol. The highest BCUT2D eigenvalue weighted by Gasteiger charge is 2.18. The molecule has 1 aromatic rings. The topological polar surface area (TPSA) is 95.5 Å². The van der Waals surface area contributed by atoms with Crippen LogP contribution >= 0.6 is 0 Å². The van der Waals surface area contributed by atoms with E-state index in [2.05, 4.69) is 17.2 Å². The Morgan fingerprint density at radius 2 is 1.90 bits per heavy atom. The number of hydrogen-bond donors (Lipinski definition) is 3. The molecular formula is C15H18N2O4. The average Bonchev–Trinajstić information content (AvgIpc) is 2.40. The molecule has 0 spiro atoms. The molecule has 0 aliphatic carbocycles. The number of hydrogen-bond acceptors (Lipinski definition) is 3. The van der Waals surface area contributed by atoms with Gasteiger partial charge in [0.25, 0.3) is 0 Å². The van der Waals surface area contributed by atoms with Crippen molar-refractivity contribution in [3.8, 4) is 0 Å². The van der Waals surface area contributed by atoms with Crippen LogP contribution in [0.15, 0.2) is 36.9 Å². The number of aliphatic carboxylic acids is 1. The minimum atomic E-state index is -1.09. The number of carbonyl (C=O) groups excluding carboxylic acids is 2. The van der Waals surface area contributed by atoms with Gasteiger partial charge in [0.1, 0.15) is 6.04 Å². The van der Waals surface area contributed by atoms with Crippen molar-refractivity contribution >= 4 is 23.5 Å². The van der Waals surface area contributed by atoms with Gasteiger partial charge in [-0.3, -0.25) is 9.59 Å². The molecule has 0 saturated heterocycles. The molecule has 0 saturated carbocycles. The third-order valence-electron chi connectivity index (χ3n) is 2.67. The zero-order valence-electron chi connectivity index (χ0n) is 11.8. The zero-order valence-corrected chi connectivity index (χ0v) is 11.8. The number of carbonyl (C=O) groups is 3. The summed E-state index contributed by atoms with van der Waals surface area (Å²) in [5, 5.41) is 14.0. The van der Waals surface area contributed by atoms with E-state index in [4.69, 9.17) is 5.11 Å². The van der Waals surface area contributed by atoms with E-state index in [1.807, 2.05) is 0 Å². The molecule has 3 N–H and O–H groups in total. The van der Waals surface area contributed by atoms with Crippen molar-refractivity contribution in [2.45, 2.75) is 25.8 Å². The van der Waals surface area contributed by atoms with Gasteiger partial charge in [0, 0.05) is 12.6 Å². The third kappa shape index (κ3) is 5.90. The fraction of sp³-hybridized carbons (Fsp3) is 0.267. The van der Waals surface area contributed by atoms with Gasteiger partial charge in [-0.05, 0) is 24.1 Å². The van der Waals surface area contributed by atoms with E-state index in [1.165, 1.54) is 13.0 Å². The van der Waals surface area contributed by atoms with Crippen LogP contribution in [0.3, 0.4) is 0 Å². The molecule has 0 aliphatic rings. The van der Waals surface area contributed by atoms with Gasteiger partial charge < -0.3 is 15.7 Å². The first kappa shape index (κ1) is 16.4. The number of amides is 2. The normalized spacial score (nSPS) is 11.3. The van der Waals surface area contributed by atoms with Crippen molar-refractivity contribution in [3.05, 3.63) is 42.5 Å². The lowest BCUT2D eigenvalue weighted by atomic mass is 10.1. The van der Waals surface area contributed by atoms with Crippen molar-refractivity contribution in [1.29, 1.82) is 0 Å². The highest BCUT2D eigenvalue weighted by Crippen LogP contribution is 2.10. The first-order chi connectivity index (χ1) is 9.92. The SMILES string of the molecule is C=CCC(NC(=O)Cc1ccc(NC(C)=O)cc1)C(=O)O. The predicted octanol–water partition coefficient (Wildman–Crippen LogP) is 1.33. The molecule has 2 amide bonds. The lowest BCUT2D eigenvalue weighted by Gasteiger charge is -2.12. The Morgan fingerprint density at radius 1 is 1.29 bits per heavy atom. The predicted molar refractivity (Wildman–Crippen MR) is 78.8 cm³/mol. The maximum absolute atomic E-state index is 11.8. The molecule has 1 aromatic carbocycles. The van der Waals surface area contributed by atoms with Gasteiger partial charge >= 0.3 is 5.97 Å². The molecule has 0 radical (unpaired) electrons.